The fourth-order valence-corrected chi connectivity index (χ4v) is 2.82. The molecule has 1 unspecified atom stereocenters. The zero-order valence-corrected chi connectivity index (χ0v) is 14.6. The molecule has 8 nitrogen and oxygen atoms in total. The highest BCUT2D eigenvalue weighted by Crippen LogP contribution is 2.19. The molecule has 136 valence electrons. The fourth-order valence-electron chi connectivity index (χ4n) is 2.82. The SMILES string of the molecule is C/C(=N\C=C(\N)C(=N)N(N)c1ccc2ncccc2c1)N1CCC(O)C1. The Bertz CT molecular complexity index is 877. The Morgan fingerprint density at radius 1 is 1.46 bits per heavy atom. The Morgan fingerprint density at radius 3 is 3.00 bits per heavy atom. The molecule has 1 fully saturated rings. The number of likely N-dealkylation sites (tertiary alicyclic amines) is 1. The van der Waals surface area contributed by atoms with Gasteiger partial charge in [-0.25, -0.2) is 10.8 Å². The van der Waals surface area contributed by atoms with Gasteiger partial charge in [0, 0.05) is 24.7 Å². The van der Waals surface area contributed by atoms with Crippen molar-refractivity contribution < 1.29 is 5.11 Å². The first-order chi connectivity index (χ1) is 12.5. The molecule has 1 aromatic heterocycles. The number of nitrogens with two attached hydrogens (primary N) is 2. The molecule has 6 N–H and O–H groups in total. The van der Waals surface area contributed by atoms with Crippen molar-refractivity contribution in [2.45, 2.75) is 19.4 Å². The zero-order valence-electron chi connectivity index (χ0n) is 14.6. The summed E-state index contributed by atoms with van der Waals surface area (Å²) < 4.78 is 0. The highest BCUT2D eigenvalue weighted by atomic mass is 16.3. The molecule has 1 aromatic carbocycles. The van der Waals surface area contributed by atoms with Crippen LogP contribution in [0.4, 0.5) is 5.69 Å². The van der Waals surface area contributed by atoms with Gasteiger partial charge >= 0.3 is 0 Å². The number of hydrogen-bond acceptors (Lipinski definition) is 6. The van der Waals surface area contributed by atoms with Crippen molar-refractivity contribution in [2.75, 3.05) is 18.1 Å². The van der Waals surface area contributed by atoms with Crippen LogP contribution in [-0.2, 0) is 0 Å². The normalized spacial score (nSPS) is 18.4. The van der Waals surface area contributed by atoms with Gasteiger partial charge in [0.05, 0.1) is 29.2 Å². The third-order valence-electron chi connectivity index (χ3n) is 4.39. The number of aliphatic imine (C=N–C) groups is 1. The van der Waals surface area contributed by atoms with Crippen LogP contribution in [0.3, 0.4) is 0 Å². The molecule has 1 aliphatic rings. The minimum absolute atomic E-state index is 0.0498. The largest absolute Gasteiger partial charge is 0.394 e. The molecule has 1 atom stereocenters. The number of hydrogen-bond donors (Lipinski definition) is 4. The number of amidine groups is 2. The molecule has 0 aliphatic carbocycles. The number of β-amino-alcohol motifs (C(OH)–C–C–N with tert-alkyl or cyclic N) is 1. The van der Waals surface area contributed by atoms with E-state index in [0.29, 0.717) is 12.2 Å². The maximum Gasteiger partial charge on any atom is 0.164 e. The van der Waals surface area contributed by atoms with Gasteiger partial charge in [-0.3, -0.25) is 15.4 Å². The second-order valence-electron chi connectivity index (χ2n) is 6.25. The van der Waals surface area contributed by atoms with Gasteiger partial charge in [-0.2, -0.15) is 0 Å². The van der Waals surface area contributed by atoms with E-state index >= 15 is 0 Å². The van der Waals surface area contributed by atoms with Crippen LogP contribution >= 0.6 is 0 Å². The van der Waals surface area contributed by atoms with Crippen LogP contribution in [0.5, 0.6) is 0 Å². The number of hydrazine groups is 1. The van der Waals surface area contributed by atoms with Gasteiger partial charge in [0.1, 0.15) is 5.84 Å². The predicted octanol–water partition coefficient (Wildman–Crippen LogP) is 1.18. The predicted molar refractivity (Wildman–Crippen MR) is 104 cm³/mol. The van der Waals surface area contributed by atoms with E-state index in [0.717, 1.165) is 29.7 Å². The van der Waals surface area contributed by atoms with Gasteiger partial charge < -0.3 is 15.7 Å². The second-order valence-corrected chi connectivity index (χ2v) is 6.25. The van der Waals surface area contributed by atoms with Crippen molar-refractivity contribution in [3.63, 3.8) is 0 Å². The number of rotatable bonds is 3. The number of nitrogens with one attached hydrogen (secondary N) is 1. The van der Waals surface area contributed by atoms with Crippen molar-refractivity contribution in [3.8, 4) is 0 Å². The third kappa shape index (κ3) is 3.81. The van der Waals surface area contributed by atoms with Crippen molar-refractivity contribution in [3.05, 3.63) is 48.4 Å². The average molecular weight is 353 g/mol. The Labute approximate surface area is 151 Å². The first-order valence-electron chi connectivity index (χ1n) is 8.37. The number of anilines is 1. The molecule has 0 spiro atoms. The van der Waals surface area contributed by atoms with Gasteiger partial charge in [-0.15, -0.1) is 0 Å². The average Bonchev–Trinajstić information content (AvgIpc) is 3.10. The molecule has 1 saturated heterocycles. The molecule has 8 heteroatoms. The Balaban J connectivity index is 1.73. The third-order valence-corrected chi connectivity index (χ3v) is 4.39. The maximum atomic E-state index is 9.59. The van der Waals surface area contributed by atoms with Gasteiger partial charge in [-0.1, -0.05) is 6.07 Å². The lowest BCUT2D eigenvalue weighted by atomic mass is 10.2. The van der Waals surface area contributed by atoms with E-state index in [1.165, 1.54) is 11.2 Å². The summed E-state index contributed by atoms with van der Waals surface area (Å²) in [5.41, 5.74) is 7.61. The highest BCUT2D eigenvalue weighted by molar-refractivity contribution is 6.07. The topological polar surface area (TPSA) is 128 Å². The summed E-state index contributed by atoms with van der Waals surface area (Å²) in [4.78, 5) is 10.5. The number of aliphatic hydroxyl groups is 1. The first kappa shape index (κ1) is 17.8. The number of aromatic nitrogens is 1. The lowest BCUT2D eigenvalue weighted by molar-refractivity contribution is 0.188. The van der Waals surface area contributed by atoms with Crippen molar-refractivity contribution in [1.82, 2.24) is 9.88 Å². The van der Waals surface area contributed by atoms with Crippen LogP contribution in [-0.4, -0.2) is 45.9 Å². The monoisotopic (exact) mass is 353 g/mol. The summed E-state index contributed by atoms with van der Waals surface area (Å²) in [5.74, 6) is 6.75. The van der Waals surface area contributed by atoms with Gasteiger partial charge in [-0.05, 0) is 37.6 Å². The molecular formula is C18H23N7O. The minimum Gasteiger partial charge on any atom is -0.394 e. The van der Waals surface area contributed by atoms with E-state index in [1.807, 2.05) is 36.1 Å². The molecule has 3 rings (SSSR count). The molecule has 2 aromatic rings. The van der Waals surface area contributed by atoms with E-state index in [9.17, 15) is 5.11 Å². The summed E-state index contributed by atoms with van der Waals surface area (Å²) in [5, 5.41) is 19.9. The summed E-state index contributed by atoms with van der Waals surface area (Å²) in [6.45, 7) is 3.17. The smallest absolute Gasteiger partial charge is 0.164 e. The summed E-state index contributed by atoms with van der Waals surface area (Å²) in [7, 11) is 0. The molecule has 0 saturated carbocycles. The van der Waals surface area contributed by atoms with Crippen LogP contribution in [0.25, 0.3) is 10.9 Å². The highest BCUT2D eigenvalue weighted by Gasteiger charge is 2.20. The van der Waals surface area contributed by atoms with Gasteiger partial charge in [0.25, 0.3) is 0 Å². The Hall–Kier alpha value is -2.97. The molecular weight excluding hydrogens is 330 g/mol. The Morgan fingerprint density at radius 2 is 2.27 bits per heavy atom. The summed E-state index contributed by atoms with van der Waals surface area (Å²) in [6.07, 6.45) is 3.56. The minimum atomic E-state index is -0.318. The van der Waals surface area contributed by atoms with E-state index in [2.05, 4.69) is 9.98 Å². The molecule has 26 heavy (non-hydrogen) atoms. The molecule has 0 amide bonds. The fraction of sp³-hybridized carbons (Fsp3) is 0.278. The van der Waals surface area contributed by atoms with Crippen LogP contribution in [0.2, 0.25) is 0 Å². The summed E-state index contributed by atoms with van der Waals surface area (Å²) in [6, 6.07) is 9.26. The molecule has 2 heterocycles. The maximum absolute atomic E-state index is 9.59. The number of aliphatic hydroxyl groups excluding tert-OH is 1. The molecule has 1 aliphatic heterocycles. The zero-order chi connectivity index (χ0) is 18.7. The van der Waals surface area contributed by atoms with Gasteiger partial charge in [0.2, 0.25) is 0 Å². The lowest BCUT2D eigenvalue weighted by Crippen LogP contribution is -2.39. The van der Waals surface area contributed by atoms with Crippen molar-refractivity contribution >= 4 is 28.3 Å². The number of nitrogens with zero attached hydrogens (tertiary/aromatic N) is 4. The van der Waals surface area contributed by atoms with Gasteiger partial charge in [0.15, 0.2) is 5.84 Å². The Kier molecular flexibility index (Phi) is 5.15. The molecule has 0 bridgehead atoms. The van der Waals surface area contributed by atoms with E-state index in [-0.39, 0.29) is 17.6 Å². The number of fused-ring (bicyclic) bond motifs is 1. The number of benzene rings is 1. The lowest BCUT2D eigenvalue weighted by Gasteiger charge is -2.20. The van der Waals surface area contributed by atoms with E-state index in [1.54, 1.807) is 12.3 Å². The van der Waals surface area contributed by atoms with Crippen molar-refractivity contribution in [1.29, 1.82) is 5.41 Å². The molecule has 0 radical (unpaired) electrons. The first-order valence-corrected chi connectivity index (χ1v) is 8.37. The van der Waals surface area contributed by atoms with Crippen molar-refractivity contribution in [2.24, 2.45) is 16.6 Å². The van der Waals surface area contributed by atoms with Crippen LogP contribution in [0.15, 0.2) is 53.4 Å². The second kappa shape index (κ2) is 7.51. The summed E-state index contributed by atoms with van der Waals surface area (Å²) >= 11 is 0. The number of pyridine rings is 1. The standard InChI is InChI=1S/C18H23N7O/c1-12(24-8-6-15(26)11-24)23-10-16(19)18(20)25(21)14-4-5-17-13(9-14)3-2-7-22-17/h2-5,7,9-10,15,20,26H,6,8,11,19,21H2,1H3/b16-10+,20-18?,23-12+. The van der Waals surface area contributed by atoms with Crippen LogP contribution < -0.4 is 16.6 Å². The van der Waals surface area contributed by atoms with E-state index < -0.39 is 0 Å². The van der Waals surface area contributed by atoms with Crippen LogP contribution in [0.1, 0.15) is 13.3 Å². The van der Waals surface area contributed by atoms with Crippen LogP contribution in [0, 0.1) is 5.41 Å². The van der Waals surface area contributed by atoms with E-state index in [4.69, 9.17) is 17.0 Å². The quantitative estimate of drug-likeness (QED) is 0.284.